The fourth-order valence-corrected chi connectivity index (χ4v) is 3.84. The summed E-state index contributed by atoms with van der Waals surface area (Å²) in [5.74, 6) is 0.531. The van der Waals surface area contributed by atoms with Crippen LogP contribution >= 0.6 is 0 Å². The monoisotopic (exact) mass is 310 g/mol. The van der Waals surface area contributed by atoms with Crippen molar-refractivity contribution >= 4 is 15.5 Å². The van der Waals surface area contributed by atoms with E-state index >= 15 is 0 Å². The highest BCUT2D eigenvalue weighted by Crippen LogP contribution is 2.32. The second-order valence-corrected chi connectivity index (χ2v) is 8.09. The van der Waals surface area contributed by atoms with Crippen molar-refractivity contribution in [1.82, 2.24) is 5.32 Å². The Balaban J connectivity index is 2.09. The lowest BCUT2D eigenvalue weighted by Gasteiger charge is -2.25. The Hall–Kier alpha value is -1.07. The molecule has 0 saturated heterocycles. The van der Waals surface area contributed by atoms with Crippen molar-refractivity contribution in [2.45, 2.75) is 32.2 Å². The molecule has 1 aliphatic rings. The average Bonchev–Trinajstić information content (AvgIpc) is 2.67. The molecule has 0 spiro atoms. The Morgan fingerprint density at radius 3 is 2.81 bits per heavy atom. The average molecular weight is 310 g/mol. The van der Waals surface area contributed by atoms with Crippen LogP contribution in [0.2, 0.25) is 0 Å². The zero-order valence-corrected chi connectivity index (χ0v) is 13.8. The molecular formula is C16H26N2O2S. The summed E-state index contributed by atoms with van der Waals surface area (Å²) < 4.78 is 23.2. The van der Waals surface area contributed by atoms with Crippen LogP contribution in [-0.2, 0) is 9.84 Å². The summed E-state index contributed by atoms with van der Waals surface area (Å²) in [6.45, 7) is 3.53. The number of rotatable bonds is 6. The molecule has 1 aliphatic heterocycles. The first-order valence-corrected chi connectivity index (χ1v) is 9.61. The number of nitrogens with zero attached hydrogens (tertiary/aromatic N) is 1. The van der Waals surface area contributed by atoms with Gasteiger partial charge in [-0.2, -0.15) is 0 Å². The molecule has 1 atom stereocenters. The van der Waals surface area contributed by atoms with Crippen molar-refractivity contribution in [1.29, 1.82) is 0 Å². The molecule has 0 aliphatic carbocycles. The quantitative estimate of drug-likeness (QED) is 0.876. The number of anilines is 1. The van der Waals surface area contributed by atoms with Gasteiger partial charge in [0.1, 0.15) is 9.84 Å². The van der Waals surface area contributed by atoms with Gasteiger partial charge < -0.3 is 10.2 Å². The van der Waals surface area contributed by atoms with E-state index in [-0.39, 0.29) is 11.5 Å². The molecule has 4 nitrogen and oxygen atoms in total. The fraction of sp³-hybridized carbons (Fsp3) is 0.625. The van der Waals surface area contributed by atoms with Crippen molar-refractivity contribution in [2.24, 2.45) is 0 Å². The number of para-hydroxylation sites is 1. The molecule has 21 heavy (non-hydrogen) atoms. The van der Waals surface area contributed by atoms with E-state index in [1.54, 1.807) is 6.92 Å². The zero-order valence-electron chi connectivity index (χ0n) is 13.0. The minimum Gasteiger partial charge on any atom is -0.371 e. The molecule has 0 radical (unpaired) electrons. The van der Waals surface area contributed by atoms with Gasteiger partial charge in [0, 0.05) is 30.6 Å². The lowest BCUT2D eigenvalue weighted by molar-refractivity contribution is 0.541. The minimum absolute atomic E-state index is 0.241. The third-order valence-corrected chi connectivity index (χ3v) is 6.04. The minimum atomic E-state index is -2.86. The molecule has 1 unspecified atom stereocenters. The molecule has 0 saturated carbocycles. The van der Waals surface area contributed by atoms with E-state index in [1.165, 1.54) is 11.3 Å². The second-order valence-electron chi connectivity index (χ2n) is 5.62. The molecule has 118 valence electrons. The highest BCUT2D eigenvalue weighted by atomic mass is 32.2. The van der Waals surface area contributed by atoms with Crippen LogP contribution in [0.3, 0.4) is 0 Å². The van der Waals surface area contributed by atoms with E-state index < -0.39 is 9.84 Å². The first kappa shape index (κ1) is 16.3. The van der Waals surface area contributed by atoms with Crippen LogP contribution in [0.15, 0.2) is 24.3 Å². The highest BCUT2D eigenvalue weighted by molar-refractivity contribution is 7.91. The van der Waals surface area contributed by atoms with Gasteiger partial charge in [-0.1, -0.05) is 25.1 Å². The smallest absolute Gasteiger partial charge is 0.150 e. The molecule has 1 heterocycles. The van der Waals surface area contributed by atoms with Gasteiger partial charge in [-0.05, 0) is 37.9 Å². The molecule has 0 aromatic heterocycles. The maximum absolute atomic E-state index is 11.6. The van der Waals surface area contributed by atoms with Crippen molar-refractivity contribution in [3.8, 4) is 0 Å². The Morgan fingerprint density at radius 2 is 2.10 bits per heavy atom. The van der Waals surface area contributed by atoms with Gasteiger partial charge in [0.15, 0.2) is 0 Å². The topological polar surface area (TPSA) is 49.4 Å². The lowest BCUT2D eigenvalue weighted by Crippen LogP contribution is -2.27. The lowest BCUT2D eigenvalue weighted by atomic mass is 10.0. The van der Waals surface area contributed by atoms with Gasteiger partial charge in [0.05, 0.1) is 5.75 Å². The Labute approximate surface area is 128 Å². The third kappa shape index (κ3) is 4.20. The van der Waals surface area contributed by atoms with Crippen LogP contribution in [0.5, 0.6) is 0 Å². The summed E-state index contributed by atoms with van der Waals surface area (Å²) in [4.78, 5) is 2.35. The number of benzene rings is 1. The standard InChI is InChI=1S/C16H26N2O2S/c1-3-21(19,20)13-7-12-18-11-6-9-15(17-2)14-8-4-5-10-16(14)18/h4-5,8,10,15,17H,3,6-7,9,11-13H2,1-2H3. The SMILES string of the molecule is CCS(=O)(=O)CCCN1CCCC(NC)c2ccccc21. The predicted octanol–water partition coefficient (Wildman–Crippen LogP) is 2.37. The Kier molecular flexibility index (Phi) is 5.65. The molecule has 1 aromatic carbocycles. The van der Waals surface area contributed by atoms with E-state index in [2.05, 4.69) is 34.5 Å². The molecule has 5 heteroatoms. The van der Waals surface area contributed by atoms with Gasteiger partial charge in [0.25, 0.3) is 0 Å². The molecule has 2 rings (SSSR count). The summed E-state index contributed by atoms with van der Waals surface area (Å²) in [7, 11) is -0.856. The van der Waals surface area contributed by atoms with Gasteiger partial charge in [0.2, 0.25) is 0 Å². The van der Waals surface area contributed by atoms with Crippen molar-refractivity contribution in [3.05, 3.63) is 29.8 Å². The van der Waals surface area contributed by atoms with Crippen LogP contribution < -0.4 is 10.2 Å². The van der Waals surface area contributed by atoms with Gasteiger partial charge >= 0.3 is 0 Å². The molecular weight excluding hydrogens is 284 g/mol. The van der Waals surface area contributed by atoms with Crippen LogP contribution in [0, 0.1) is 0 Å². The summed E-state index contributed by atoms with van der Waals surface area (Å²) in [5, 5.41) is 3.39. The first-order valence-electron chi connectivity index (χ1n) is 7.79. The van der Waals surface area contributed by atoms with E-state index in [4.69, 9.17) is 0 Å². The van der Waals surface area contributed by atoms with E-state index in [9.17, 15) is 8.42 Å². The van der Waals surface area contributed by atoms with Crippen LogP contribution in [0.4, 0.5) is 5.69 Å². The van der Waals surface area contributed by atoms with Crippen LogP contribution in [0.1, 0.15) is 37.8 Å². The van der Waals surface area contributed by atoms with Gasteiger partial charge in [-0.15, -0.1) is 0 Å². The molecule has 0 amide bonds. The van der Waals surface area contributed by atoms with E-state index in [0.717, 1.165) is 25.9 Å². The molecule has 0 bridgehead atoms. The fourth-order valence-electron chi connectivity index (χ4n) is 2.98. The maximum Gasteiger partial charge on any atom is 0.150 e. The summed E-state index contributed by atoms with van der Waals surface area (Å²) in [6, 6.07) is 8.86. The van der Waals surface area contributed by atoms with Gasteiger partial charge in [-0.3, -0.25) is 0 Å². The predicted molar refractivity (Wildman–Crippen MR) is 88.6 cm³/mol. The zero-order chi connectivity index (χ0) is 15.3. The number of hydrogen-bond donors (Lipinski definition) is 1. The molecule has 1 aromatic rings. The van der Waals surface area contributed by atoms with E-state index in [0.29, 0.717) is 12.5 Å². The van der Waals surface area contributed by atoms with E-state index in [1.807, 2.05) is 7.05 Å². The number of sulfone groups is 1. The second kappa shape index (κ2) is 7.27. The Bertz CT molecular complexity index is 557. The van der Waals surface area contributed by atoms with Crippen LogP contribution in [0.25, 0.3) is 0 Å². The summed E-state index contributed by atoms with van der Waals surface area (Å²) >= 11 is 0. The van der Waals surface area contributed by atoms with Crippen LogP contribution in [-0.4, -0.2) is 40.1 Å². The number of nitrogens with one attached hydrogen (secondary N) is 1. The molecule has 0 fully saturated rings. The Morgan fingerprint density at radius 1 is 1.33 bits per heavy atom. The largest absolute Gasteiger partial charge is 0.371 e. The first-order chi connectivity index (χ1) is 10.1. The third-order valence-electron chi connectivity index (χ3n) is 4.25. The molecule has 1 N–H and O–H groups in total. The summed E-state index contributed by atoms with van der Waals surface area (Å²) in [6.07, 6.45) is 2.95. The van der Waals surface area contributed by atoms with Crippen molar-refractivity contribution < 1.29 is 8.42 Å². The van der Waals surface area contributed by atoms with Crippen molar-refractivity contribution in [2.75, 3.05) is 36.5 Å². The maximum atomic E-state index is 11.6. The summed E-state index contributed by atoms with van der Waals surface area (Å²) in [5.41, 5.74) is 2.58. The number of hydrogen-bond acceptors (Lipinski definition) is 4. The normalized spacial score (nSPS) is 19.1. The highest BCUT2D eigenvalue weighted by Gasteiger charge is 2.21. The number of fused-ring (bicyclic) bond motifs is 1. The van der Waals surface area contributed by atoms with Gasteiger partial charge in [-0.25, -0.2) is 8.42 Å². The van der Waals surface area contributed by atoms with Crippen molar-refractivity contribution in [3.63, 3.8) is 0 Å².